The van der Waals surface area contributed by atoms with E-state index in [0.29, 0.717) is 12.2 Å². The molecule has 0 unspecified atom stereocenters. The number of aryl methyl sites for hydroxylation is 1. The van der Waals surface area contributed by atoms with Crippen molar-refractivity contribution >= 4 is 23.0 Å². The number of benzene rings is 2. The number of pyridine rings is 1. The molecule has 4 rings (SSSR count). The predicted octanol–water partition coefficient (Wildman–Crippen LogP) is 4.59. The molecule has 1 N–H and O–H groups in total. The number of fused-ring (bicyclic) bond motifs is 1. The topological polar surface area (TPSA) is 45.2 Å². The van der Waals surface area contributed by atoms with Crippen LogP contribution in [0.15, 0.2) is 66.9 Å². The van der Waals surface area contributed by atoms with Crippen LogP contribution in [0.1, 0.15) is 28.5 Å². The van der Waals surface area contributed by atoms with Gasteiger partial charge < -0.3 is 10.2 Å². The van der Waals surface area contributed by atoms with Crippen molar-refractivity contribution in [2.75, 3.05) is 16.8 Å². The minimum atomic E-state index is -0.0474. The minimum Gasteiger partial charge on any atom is -0.354 e. The molecule has 0 aliphatic carbocycles. The van der Waals surface area contributed by atoms with Gasteiger partial charge in [0.25, 0.3) is 5.91 Å². The van der Waals surface area contributed by atoms with Gasteiger partial charge in [-0.3, -0.25) is 4.79 Å². The Bertz CT molecular complexity index is 917. The van der Waals surface area contributed by atoms with Gasteiger partial charge in [0.2, 0.25) is 0 Å². The molecule has 4 heteroatoms. The highest BCUT2D eigenvalue weighted by atomic mass is 16.2. The highest BCUT2D eigenvalue weighted by molar-refractivity contribution is 6.06. The molecule has 4 nitrogen and oxygen atoms in total. The third-order valence-electron chi connectivity index (χ3n) is 4.77. The number of nitrogens with zero attached hydrogens (tertiary/aromatic N) is 2. The van der Waals surface area contributed by atoms with Crippen LogP contribution in [0.4, 0.5) is 17.1 Å². The van der Waals surface area contributed by atoms with Gasteiger partial charge in [-0.1, -0.05) is 37.3 Å². The van der Waals surface area contributed by atoms with Crippen LogP contribution in [0.25, 0.3) is 0 Å². The van der Waals surface area contributed by atoms with Crippen molar-refractivity contribution < 1.29 is 4.79 Å². The van der Waals surface area contributed by atoms with Crippen molar-refractivity contribution in [1.29, 1.82) is 0 Å². The minimum absolute atomic E-state index is 0.0474. The van der Waals surface area contributed by atoms with E-state index in [0.717, 1.165) is 29.9 Å². The molecule has 1 aromatic heterocycles. The van der Waals surface area contributed by atoms with E-state index < -0.39 is 0 Å². The van der Waals surface area contributed by atoms with E-state index in [1.54, 1.807) is 12.3 Å². The number of hydrogen-bond donors (Lipinski definition) is 1. The third kappa shape index (κ3) is 3.18. The number of anilines is 3. The van der Waals surface area contributed by atoms with Crippen LogP contribution < -0.4 is 10.2 Å². The van der Waals surface area contributed by atoms with Gasteiger partial charge in [-0.05, 0) is 54.3 Å². The normalized spacial score (nSPS) is 12.7. The van der Waals surface area contributed by atoms with Crippen molar-refractivity contribution in [1.82, 2.24) is 4.98 Å². The van der Waals surface area contributed by atoms with Crippen LogP contribution in [-0.4, -0.2) is 17.4 Å². The molecule has 1 aliphatic heterocycles. The van der Waals surface area contributed by atoms with Crippen molar-refractivity contribution in [3.63, 3.8) is 0 Å². The summed E-state index contributed by atoms with van der Waals surface area (Å²) in [4.78, 5) is 19.0. The summed E-state index contributed by atoms with van der Waals surface area (Å²) in [5, 5.41) is 3.32. The monoisotopic (exact) mass is 343 g/mol. The van der Waals surface area contributed by atoms with E-state index in [2.05, 4.69) is 47.6 Å². The first-order valence-electron chi connectivity index (χ1n) is 8.96. The first-order valence-corrected chi connectivity index (χ1v) is 8.96. The molecule has 0 saturated heterocycles. The molecule has 2 heterocycles. The number of carbonyl (C=O) groups is 1. The van der Waals surface area contributed by atoms with Crippen molar-refractivity contribution in [3.05, 3.63) is 83.7 Å². The summed E-state index contributed by atoms with van der Waals surface area (Å²) in [5.74, 6) is -0.0474. The molecule has 2 aromatic carbocycles. The molecular weight excluding hydrogens is 322 g/mol. The number of para-hydroxylation sites is 1. The largest absolute Gasteiger partial charge is 0.354 e. The number of nitrogens with one attached hydrogen (secondary N) is 1. The molecule has 0 fully saturated rings. The zero-order chi connectivity index (χ0) is 17.9. The van der Waals surface area contributed by atoms with Gasteiger partial charge in [0.1, 0.15) is 5.69 Å². The zero-order valence-electron chi connectivity index (χ0n) is 14.8. The molecule has 1 aliphatic rings. The van der Waals surface area contributed by atoms with Gasteiger partial charge in [0, 0.05) is 17.9 Å². The summed E-state index contributed by atoms with van der Waals surface area (Å²) in [7, 11) is 0. The Labute approximate surface area is 153 Å². The van der Waals surface area contributed by atoms with Crippen LogP contribution in [0, 0.1) is 0 Å². The highest BCUT2D eigenvalue weighted by Crippen LogP contribution is 2.28. The van der Waals surface area contributed by atoms with Crippen molar-refractivity contribution in [2.24, 2.45) is 0 Å². The van der Waals surface area contributed by atoms with E-state index >= 15 is 0 Å². The van der Waals surface area contributed by atoms with E-state index in [1.165, 1.54) is 11.1 Å². The van der Waals surface area contributed by atoms with Crippen molar-refractivity contribution in [3.8, 4) is 0 Å². The van der Waals surface area contributed by atoms with E-state index in [4.69, 9.17) is 0 Å². The lowest BCUT2D eigenvalue weighted by molar-refractivity contribution is 0.0984. The number of aromatic nitrogens is 1. The highest BCUT2D eigenvalue weighted by Gasteiger charge is 2.25. The van der Waals surface area contributed by atoms with Crippen LogP contribution in [0.3, 0.4) is 0 Å². The smallest absolute Gasteiger partial charge is 0.276 e. The van der Waals surface area contributed by atoms with E-state index in [1.807, 2.05) is 29.2 Å². The Kier molecular flexibility index (Phi) is 4.40. The Morgan fingerprint density at radius 1 is 1.04 bits per heavy atom. The van der Waals surface area contributed by atoms with Gasteiger partial charge >= 0.3 is 0 Å². The van der Waals surface area contributed by atoms with Crippen LogP contribution >= 0.6 is 0 Å². The summed E-state index contributed by atoms with van der Waals surface area (Å²) < 4.78 is 0. The number of hydrogen-bond acceptors (Lipinski definition) is 3. The molecule has 26 heavy (non-hydrogen) atoms. The Balaban J connectivity index is 1.48. The van der Waals surface area contributed by atoms with E-state index in [-0.39, 0.29) is 5.91 Å². The van der Waals surface area contributed by atoms with Gasteiger partial charge in [0.05, 0.1) is 11.9 Å². The Morgan fingerprint density at radius 2 is 1.81 bits per heavy atom. The fourth-order valence-corrected chi connectivity index (χ4v) is 3.27. The second-order valence-corrected chi connectivity index (χ2v) is 6.44. The first kappa shape index (κ1) is 16.3. The lowest BCUT2D eigenvalue weighted by Gasteiger charge is -2.17. The van der Waals surface area contributed by atoms with Gasteiger partial charge in [-0.15, -0.1) is 0 Å². The maximum absolute atomic E-state index is 12.8. The molecule has 0 atom stereocenters. The van der Waals surface area contributed by atoms with Gasteiger partial charge in [-0.2, -0.15) is 0 Å². The zero-order valence-corrected chi connectivity index (χ0v) is 14.8. The average molecular weight is 343 g/mol. The molecule has 1 amide bonds. The fraction of sp³-hybridized carbons (Fsp3) is 0.182. The van der Waals surface area contributed by atoms with Crippen LogP contribution in [0.5, 0.6) is 0 Å². The van der Waals surface area contributed by atoms with Gasteiger partial charge in [0.15, 0.2) is 0 Å². The Morgan fingerprint density at radius 3 is 2.54 bits per heavy atom. The maximum Gasteiger partial charge on any atom is 0.276 e. The molecule has 0 saturated carbocycles. The first-order chi connectivity index (χ1) is 12.7. The fourth-order valence-electron chi connectivity index (χ4n) is 3.27. The quantitative estimate of drug-likeness (QED) is 0.753. The number of amides is 1. The number of carbonyl (C=O) groups excluding carboxylic acids is 1. The van der Waals surface area contributed by atoms with Crippen LogP contribution in [-0.2, 0) is 12.8 Å². The predicted molar refractivity (Wildman–Crippen MR) is 105 cm³/mol. The molecule has 0 radical (unpaired) electrons. The van der Waals surface area contributed by atoms with Crippen molar-refractivity contribution in [2.45, 2.75) is 19.8 Å². The molecule has 130 valence electrons. The number of rotatable bonds is 4. The summed E-state index contributed by atoms with van der Waals surface area (Å²) in [6.07, 6.45) is 3.64. The maximum atomic E-state index is 12.8. The molecule has 3 aromatic rings. The van der Waals surface area contributed by atoms with Gasteiger partial charge in [-0.25, -0.2) is 4.98 Å². The average Bonchev–Trinajstić information content (AvgIpc) is 3.13. The summed E-state index contributed by atoms with van der Waals surface area (Å²) in [6, 6.07) is 20.1. The van der Waals surface area contributed by atoms with E-state index in [9.17, 15) is 4.79 Å². The summed E-state index contributed by atoms with van der Waals surface area (Å²) in [6.45, 7) is 2.85. The lowest BCUT2D eigenvalue weighted by atomic mass is 10.1. The Hall–Kier alpha value is -3.14. The molecular formula is C22H21N3O. The molecule has 0 spiro atoms. The lowest BCUT2D eigenvalue weighted by Crippen LogP contribution is -2.29. The second kappa shape index (κ2) is 7.00. The SMILES string of the molecule is CCc1ccc(Nc2ccc(C(=O)N3CCc4ccccc43)nc2)cc1. The molecule has 0 bridgehead atoms. The standard InChI is InChI=1S/C22H21N3O/c1-2-16-7-9-18(10-8-16)24-19-11-12-20(23-15-19)22(26)25-14-13-17-5-3-4-6-21(17)25/h3-12,15,24H,2,13-14H2,1H3. The van der Waals surface area contributed by atoms with Crippen LogP contribution in [0.2, 0.25) is 0 Å². The third-order valence-corrected chi connectivity index (χ3v) is 4.77. The summed E-state index contributed by atoms with van der Waals surface area (Å²) in [5.41, 5.74) is 5.87. The second-order valence-electron chi connectivity index (χ2n) is 6.44. The summed E-state index contributed by atoms with van der Waals surface area (Å²) >= 11 is 0.